The molecule has 170 valence electrons. The number of carbonyl (C=O) groups is 2. The van der Waals surface area contributed by atoms with Gasteiger partial charge in [0.15, 0.2) is 17.3 Å². The lowest BCUT2D eigenvalue weighted by Crippen LogP contribution is -2.64. The molecule has 1 N–H and O–H groups in total. The Morgan fingerprint density at radius 1 is 1.15 bits per heavy atom. The van der Waals surface area contributed by atoms with E-state index in [1.165, 1.54) is 0 Å². The first kappa shape index (κ1) is 20.1. The summed E-state index contributed by atoms with van der Waals surface area (Å²) >= 11 is 0. The fourth-order valence-electron chi connectivity index (χ4n) is 5.21. The molecule has 3 heterocycles. The molecule has 0 unspecified atom stereocenters. The van der Waals surface area contributed by atoms with Crippen LogP contribution in [-0.2, 0) is 17.9 Å². The smallest absolute Gasteiger partial charge is 0.291 e. The van der Waals surface area contributed by atoms with Crippen molar-refractivity contribution in [1.82, 2.24) is 19.8 Å². The van der Waals surface area contributed by atoms with Crippen molar-refractivity contribution >= 4 is 22.8 Å². The summed E-state index contributed by atoms with van der Waals surface area (Å²) in [4.78, 5) is 33.8. The van der Waals surface area contributed by atoms with E-state index in [0.717, 1.165) is 42.3 Å². The number of hydrogen-bond donors (Lipinski definition) is 1. The minimum atomic E-state index is -1.06. The van der Waals surface area contributed by atoms with E-state index < -0.39 is 5.54 Å². The fraction of sp³-hybridized carbons (Fsp3) is 0.400. The summed E-state index contributed by atoms with van der Waals surface area (Å²) in [6.45, 7) is 2.66. The Morgan fingerprint density at radius 2 is 1.94 bits per heavy atom. The van der Waals surface area contributed by atoms with E-state index in [4.69, 9.17) is 9.47 Å². The third-order valence-corrected chi connectivity index (χ3v) is 7.11. The van der Waals surface area contributed by atoms with Crippen LogP contribution in [0.15, 0.2) is 42.5 Å². The highest BCUT2D eigenvalue weighted by molar-refractivity contribution is 6.01. The van der Waals surface area contributed by atoms with Crippen molar-refractivity contribution in [3.63, 3.8) is 0 Å². The molecular formula is C25H26N4O4. The average Bonchev–Trinajstić information content (AvgIpc) is 3.56. The zero-order chi connectivity index (χ0) is 22.6. The van der Waals surface area contributed by atoms with Crippen LogP contribution < -0.4 is 14.8 Å². The van der Waals surface area contributed by atoms with Crippen molar-refractivity contribution < 1.29 is 19.1 Å². The molecule has 6 rings (SSSR count). The second kappa shape index (κ2) is 7.50. The standard InChI is InChI=1S/C25H26N4O4/c1-25(24(31)26-17-6-2-3-7-17)14-28-19-9-5-4-8-18(19)27-22(28)23(30)29(25)13-16-10-11-20-21(12-16)33-15-32-20/h4-5,8-12,17H,2-3,6-7,13-15H2,1H3,(H,26,31)/t25-/m0/s1. The van der Waals surface area contributed by atoms with Gasteiger partial charge in [-0.2, -0.15) is 0 Å². The molecule has 3 aromatic rings. The zero-order valence-corrected chi connectivity index (χ0v) is 18.5. The number of rotatable bonds is 4. The molecule has 0 radical (unpaired) electrons. The fourth-order valence-corrected chi connectivity index (χ4v) is 5.21. The van der Waals surface area contributed by atoms with Crippen LogP contribution in [0.3, 0.4) is 0 Å². The first-order valence-electron chi connectivity index (χ1n) is 11.5. The quantitative estimate of drug-likeness (QED) is 0.665. The van der Waals surface area contributed by atoms with E-state index in [1.807, 2.05) is 54.0 Å². The minimum Gasteiger partial charge on any atom is -0.454 e. The van der Waals surface area contributed by atoms with Crippen LogP contribution in [0.1, 0.15) is 48.8 Å². The Hall–Kier alpha value is -3.55. The van der Waals surface area contributed by atoms with Gasteiger partial charge in [0, 0.05) is 12.6 Å². The summed E-state index contributed by atoms with van der Waals surface area (Å²) in [7, 11) is 0. The Bertz CT molecular complexity index is 1260. The maximum absolute atomic E-state index is 13.8. The molecule has 2 amide bonds. The molecule has 2 aromatic carbocycles. The topological polar surface area (TPSA) is 85.7 Å². The summed E-state index contributed by atoms with van der Waals surface area (Å²) < 4.78 is 12.8. The maximum atomic E-state index is 13.8. The van der Waals surface area contributed by atoms with E-state index in [9.17, 15) is 9.59 Å². The molecule has 1 atom stereocenters. The first-order valence-corrected chi connectivity index (χ1v) is 11.5. The van der Waals surface area contributed by atoms with Gasteiger partial charge >= 0.3 is 0 Å². The van der Waals surface area contributed by atoms with Gasteiger partial charge in [0.2, 0.25) is 12.7 Å². The van der Waals surface area contributed by atoms with Gasteiger partial charge in [-0.25, -0.2) is 4.98 Å². The van der Waals surface area contributed by atoms with Gasteiger partial charge in [0.05, 0.1) is 17.6 Å². The zero-order valence-electron chi connectivity index (χ0n) is 18.5. The van der Waals surface area contributed by atoms with Gasteiger partial charge in [-0.05, 0) is 49.6 Å². The number of hydrogen-bond acceptors (Lipinski definition) is 5. The maximum Gasteiger partial charge on any atom is 0.291 e. The van der Waals surface area contributed by atoms with Crippen LogP contribution in [0, 0.1) is 0 Å². The predicted octanol–water partition coefficient (Wildman–Crippen LogP) is 3.24. The number of fused-ring (bicyclic) bond motifs is 4. The third kappa shape index (κ3) is 3.23. The molecule has 1 fully saturated rings. The van der Waals surface area contributed by atoms with Crippen LogP contribution in [0.4, 0.5) is 0 Å². The number of benzene rings is 2. The number of aromatic nitrogens is 2. The second-order valence-electron chi connectivity index (χ2n) is 9.32. The Balaban J connectivity index is 1.40. The lowest BCUT2D eigenvalue weighted by molar-refractivity contribution is -0.133. The summed E-state index contributed by atoms with van der Waals surface area (Å²) in [5.74, 6) is 1.34. The second-order valence-corrected chi connectivity index (χ2v) is 9.32. The molecule has 1 saturated carbocycles. The van der Waals surface area contributed by atoms with E-state index in [-0.39, 0.29) is 31.2 Å². The van der Waals surface area contributed by atoms with Crippen LogP contribution in [0.2, 0.25) is 0 Å². The number of nitrogens with zero attached hydrogens (tertiary/aromatic N) is 3. The average molecular weight is 447 g/mol. The van der Waals surface area contributed by atoms with Crippen molar-refractivity contribution in [2.24, 2.45) is 0 Å². The van der Waals surface area contributed by atoms with Gasteiger partial charge in [0.1, 0.15) is 5.54 Å². The van der Waals surface area contributed by atoms with Crippen molar-refractivity contribution in [3.8, 4) is 11.5 Å². The first-order chi connectivity index (χ1) is 16.0. The van der Waals surface area contributed by atoms with Crippen LogP contribution in [0.25, 0.3) is 11.0 Å². The Kier molecular flexibility index (Phi) is 4.57. The number of para-hydroxylation sites is 2. The Morgan fingerprint density at radius 3 is 2.79 bits per heavy atom. The molecule has 3 aliphatic rings. The molecule has 8 heteroatoms. The van der Waals surface area contributed by atoms with Gasteiger partial charge < -0.3 is 24.3 Å². The van der Waals surface area contributed by atoms with E-state index in [0.29, 0.717) is 23.9 Å². The molecular weight excluding hydrogens is 420 g/mol. The van der Waals surface area contributed by atoms with Gasteiger partial charge in [-0.1, -0.05) is 31.0 Å². The number of carbonyl (C=O) groups excluding carboxylic acids is 2. The minimum absolute atomic E-state index is 0.119. The molecule has 8 nitrogen and oxygen atoms in total. The lowest BCUT2D eigenvalue weighted by Gasteiger charge is -2.44. The Labute approximate surface area is 191 Å². The summed E-state index contributed by atoms with van der Waals surface area (Å²) in [5, 5.41) is 3.23. The largest absolute Gasteiger partial charge is 0.454 e. The summed E-state index contributed by atoms with van der Waals surface area (Å²) in [6.07, 6.45) is 4.21. The van der Waals surface area contributed by atoms with E-state index in [2.05, 4.69) is 10.3 Å². The van der Waals surface area contributed by atoms with Crippen molar-refractivity contribution in [2.75, 3.05) is 6.79 Å². The SMILES string of the molecule is C[C@@]1(C(=O)NC2CCCC2)Cn2c(nc3ccccc32)C(=O)N1Cc1ccc2c(c1)OCO2. The highest BCUT2D eigenvalue weighted by Gasteiger charge is 2.49. The number of nitrogens with one attached hydrogen (secondary N) is 1. The summed E-state index contributed by atoms with van der Waals surface area (Å²) in [6, 6.07) is 13.5. The molecule has 2 aliphatic heterocycles. The highest BCUT2D eigenvalue weighted by Crippen LogP contribution is 2.36. The van der Waals surface area contributed by atoms with Crippen molar-refractivity contribution in [2.45, 2.75) is 57.3 Å². The van der Waals surface area contributed by atoms with Gasteiger partial charge in [0.25, 0.3) is 5.91 Å². The van der Waals surface area contributed by atoms with Crippen molar-refractivity contribution in [1.29, 1.82) is 0 Å². The van der Waals surface area contributed by atoms with Crippen LogP contribution >= 0.6 is 0 Å². The summed E-state index contributed by atoms with van der Waals surface area (Å²) in [5.41, 5.74) is 1.43. The van der Waals surface area contributed by atoms with E-state index in [1.54, 1.807) is 4.90 Å². The molecule has 1 aliphatic carbocycles. The van der Waals surface area contributed by atoms with Crippen molar-refractivity contribution in [3.05, 3.63) is 53.9 Å². The molecule has 0 bridgehead atoms. The van der Waals surface area contributed by atoms with Gasteiger partial charge in [-0.15, -0.1) is 0 Å². The molecule has 0 saturated heterocycles. The monoisotopic (exact) mass is 446 g/mol. The molecule has 1 aromatic heterocycles. The predicted molar refractivity (Wildman–Crippen MR) is 121 cm³/mol. The normalized spacial score (nSPS) is 22.1. The molecule has 33 heavy (non-hydrogen) atoms. The van der Waals surface area contributed by atoms with Gasteiger partial charge in [-0.3, -0.25) is 9.59 Å². The lowest BCUT2D eigenvalue weighted by atomic mass is 9.93. The third-order valence-electron chi connectivity index (χ3n) is 7.11. The number of ether oxygens (including phenoxy) is 2. The van der Waals surface area contributed by atoms with Crippen LogP contribution in [-0.4, -0.2) is 44.6 Å². The molecule has 0 spiro atoms. The number of imidazole rings is 1. The van der Waals surface area contributed by atoms with E-state index >= 15 is 0 Å². The number of amides is 2. The van der Waals surface area contributed by atoms with Crippen LogP contribution in [0.5, 0.6) is 11.5 Å². The highest BCUT2D eigenvalue weighted by atomic mass is 16.7.